The maximum Gasteiger partial charge on any atom is 0.264 e. The summed E-state index contributed by atoms with van der Waals surface area (Å²) < 4.78 is 30.1. The van der Waals surface area contributed by atoms with Crippen LogP contribution in [-0.4, -0.2) is 44.3 Å². The Hall–Kier alpha value is -3.37. The highest BCUT2D eigenvalue weighted by Gasteiger charge is 2.34. The second-order valence-corrected chi connectivity index (χ2v) is 13.9. The van der Waals surface area contributed by atoms with Crippen LogP contribution in [0.2, 0.25) is 10.0 Å². The summed E-state index contributed by atoms with van der Waals surface area (Å²) in [6.07, 6.45) is 0.225. The second kappa shape index (κ2) is 15.1. The smallest absolute Gasteiger partial charge is 0.264 e. The molecule has 1 N–H and O–H groups in total. The summed E-state index contributed by atoms with van der Waals surface area (Å²) in [5.74, 6) is -0.924. The minimum Gasteiger partial charge on any atom is -0.355 e. The van der Waals surface area contributed by atoms with E-state index in [1.165, 1.54) is 35.2 Å². The molecule has 0 aliphatic rings. The number of benzene rings is 4. The van der Waals surface area contributed by atoms with Gasteiger partial charge in [-0.1, -0.05) is 99.3 Å². The summed E-state index contributed by atoms with van der Waals surface area (Å²) >= 11 is 16.0. The molecule has 0 aromatic heterocycles. The van der Waals surface area contributed by atoms with E-state index < -0.39 is 28.5 Å². The fourth-order valence-corrected chi connectivity index (χ4v) is 6.86. The number of nitrogens with one attached hydrogen (secondary N) is 1. The molecule has 0 fully saturated rings. The molecule has 11 heteroatoms. The summed E-state index contributed by atoms with van der Waals surface area (Å²) in [5, 5.41) is 3.27. The van der Waals surface area contributed by atoms with Crippen LogP contribution >= 0.6 is 39.1 Å². The Labute approximate surface area is 277 Å². The number of likely N-dealkylation sites (N-methyl/N-ethyl adjacent to an activating group) is 1. The van der Waals surface area contributed by atoms with Gasteiger partial charge in [-0.05, 0) is 67.4 Å². The first kappa shape index (κ1) is 33.5. The van der Waals surface area contributed by atoms with E-state index in [9.17, 15) is 18.0 Å². The van der Waals surface area contributed by atoms with Gasteiger partial charge in [-0.15, -0.1) is 0 Å². The van der Waals surface area contributed by atoms with Gasteiger partial charge in [-0.3, -0.25) is 13.9 Å². The molecule has 0 aliphatic heterocycles. The van der Waals surface area contributed by atoms with Gasteiger partial charge in [0.1, 0.15) is 12.6 Å². The highest BCUT2D eigenvalue weighted by atomic mass is 79.9. The van der Waals surface area contributed by atoms with E-state index in [-0.39, 0.29) is 39.5 Å². The number of carbonyl (C=O) groups is 2. The molecule has 4 aromatic rings. The third-order valence-corrected chi connectivity index (χ3v) is 9.66. The minimum absolute atomic E-state index is 0.00369. The Morgan fingerprint density at radius 2 is 1.48 bits per heavy atom. The van der Waals surface area contributed by atoms with E-state index in [4.69, 9.17) is 23.2 Å². The number of amides is 2. The van der Waals surface area contributed by atoms with Crippen LogP contribution in [0.15, 0.2) is 106 Å². The molecule has 0 aliphatic carbocycles. The lowest BCUT2D eigenvalue weighted by atomic mass is 10.0. The normalized spacial score (nSPS) is 11.9. The molecular formula is C33H32BrCl2N3O4S. The average molecular weight is 718 g/mol. The lowest BCUT2D eigenvalue weighted by Crippen LogP contribution is -2.53. The van der Waals surface area contributed by atoms with Crippen LogP contribution < -0.4 is 9.62 Å². The maximum atomic E-state index is 14.4. The van der Waals surface area contributed by atoms with Crippen LogP contribution in [0.25, 0.3) is 0 Å². The number of nitrogens with zero attached hydrogens (tertiary/aromatic N) is 2. The SMILES string of the molecule is CCNC(=O)[C@H](Cc1ccccc1)N(Cc1ccc(Br)cc1)C(=O)CN(c1cc(Cl)cc(Cl)c1)S(=O)(=O)c1ccc(C)cc1. The Morgan fingerprint density at radius 1 is 0.864 bits per heavy atom. The van der Waals surface area contributed by atoms with Crippen LogP contribution in [0.5, 0.6) is 0 Å². The lowest BCUT2D eigenvalue weighted by Gasteiger charge is -2.34. The van der Waals surface area contributed by atoms with Crippen molar-refractivity contribution in [2.24, 2.45) is 0 Å². The number of hydrogen-bond donors (Lipinski definition) is 1. The zero-order valence-electron chi connectivity index (χ0n) is 24.2. The molecule has 0 heterocycles. The molecule has 4 aromatic carbocycles. The van der Waals surface area contributed by atoms with Crippen LogP contribution in [0.1, 0.15) is 23.6 Å². The van der Waals surface area contributed by atoms with Crippen molar-refractivity contribution < 1.29 is 18.0 Å². The van der Waals surface area contributed by atoms with Gasteiger partial charge < -0.3 is 10.2 Å². The van der Waals surface area contributed by atoms with Crippen molar-refractivity contribution >= 4 is 66.7 Å². The maximum absolute atomic E-state index is 14.4. The summed E-state index contributed by atoms with van der Waals surface area (Å²) in [6, 6.07) is 26.5. The molecule has 44 heavy (non-hydrogen) atoms. The van der Waals surface area contributed by atoms with Crippen LogP contribution in [0.4, 0.5) is 5.69 Å². The Kier molecular flexibility index (Phi) is 11.5. The summed E-state index contributed by atoms with van der Waals surface area (Å²) in [7, 11) is -4.26. The van der Waals surface area contributed by atoms with Gasteiger partial charge in [0.2, 0.25) is 11.8 Å². The van der Waals surface area contributed by atoms with Crippen LogP contribution in [-0.2, 0) is 32.6 Å². The van der Waals surface area contributed by atoms with E-state index in [0.717, 1.165) is 25.5 Å². The van der Waals surface area contributed by atoms with Crippen molar-refractivity contribution in [3.05, 3.63) is 128 Å². The molecule has 0 bridgehead atoms. The first-order valence-electron chi connectivity index (χ1n) is 13.9. The highest BCUT2D eigenvalue weighted by Crippen LogP contribution is 2.30. The predicted molar refractivity (Wildman–Crippen MR) is 179 cm³/mol. The van der Waals surface area contributed by atoms with Crippen LogP contribution in [0.3, 0.4) is 0 Å². The van der Waals surface area contributed by atoms with Crippen molar-refractivity contribution in [3.63, 3.8) is 0 Å². The molecule has 230 valence electrons. The molecule has 0 unspecified atom stereocenters. The van der Waals surface area contributed by atoms with Gasteiger partial charge in [0.05, 0.1) is 10.6 Å². The van der Waals surface area contributed by atoms with Crippen molar-refractivity contribution in [2.45, 2.75) is 37.8 Å². The third-order valence-electron chi connectivity index (χ3n) is 6.91. The van der Waals surface area contributed by atoms with Crippen molar-refractivity contribution in [2.75, 3.05) is 17.4 Å². The monoisotopic (exact) mass is 715 g/mol. The Bertz CT molecular complexity index is 1680. The first-order valence-corrected chi connectivity index (χ1v) is 16.9. The summed E-state index contributed by atoms with van der Waals surface area (Å²) in [5.41, 5.74) is 2.62. The summed E-state index contributed by atoms with van der Waals surface area (Å²) in [4.78, 5) is 29.4. The summed E-state index contributed by atoms with van der Waals surface area (Å²) in [6.45, 7) is 3.47. The van der Waals surface area contributed by atoms with Gasteiger partial charge in [0.15, 0.2) is 0 Å². The molecular weight excluding hydrogens is 685 g/mol. The minimum atomic E-state index is -4.26. The fourth-order valence-electron chi connectivity index (χ4n) is 4.68. The van der Waals surface area contributed by atoms with E-state index >= 15 is 0 Å². The van der Waals surface area contributed by atoms with Crippen molar-refractivity contribution in [1.29, 1.82) is 0 Å². The van der Waals surface area contributed by atoms with Gasteiger partial charge in [-0.25, -0.2) is 8.42 Å². The first-order chi connectivity index (χ1) is 21.0. The molecule has 0 saturated heterocycles. The third kappa shape index (κ3) is 8.63. The lowest BCUT2D eigenvalue weighted by molar-refractivity contribution is -0.140. The second-order valence-electron chi connectivity index (χ2n) is 10.2. The zero-order valence-corrected chi connectivity index (χ0v) is 28.1. The molecule has 4 rings (SSSR count). The van der Waals surface area contributed by atoms with E-state index in [1.807, 2.05) is 61.5 Å². The zero-order chi connectivity index (χ0) is 31.9. The quantitative estimate of drug-likeness (QED) is 0.171. The number of halogens is 3. The van der Waals surface area contributed by atoms with Gasteiger partial charge in [0, 0.05) is 34.0 Å². The molecule has 2 amide bonds. The van der Waals surface area contributed by atoms with Crippen molar-refractivity contribution in [1.82, 2.24) is 10.2 Å². The number of aryl methyl sites for hydroxylation is 1. The largest absolute Gasteiger partial charge is 0.355 e. The molecule has 1 atom stereocenters. The van der Waals surface area contributed by atoms with Crippen molar-refractivity contribution in [3.8, 4) is 0 Å². The van der Waals surface area contributed by atoms with E-state index in [0.29, 0.717) is 6.54 Å². The van der Waals surface area contributed by atoms with Gasteiger partial charge in [0.25, 0.3) is 10.0 Å². The fraction of sp³-hybridized carbons (Fsp3) is 0.212. The Morgan fingerprint density at radius 3 is 2.07 bits per heavy atom. The van der Waals surface area contributed by atoms with Gasteiger partial charge in [-0.2, -0.15) is 0 Å². The number of sulfonamides is 1. The number of rotatable bonds is 12. The molecule has 0 radical (unpaired) electrons. The number of hydrogen-bond acceptors (Lipinski definition) is 4. The standard InChI is InChI=1S/C33H32BrCl2N3O4S/c1-3-37-33(41)31(17-24-7-5-4-6-8-24)38(21-25-11-13-26(34)14-12-25)32(40)22-39(29-19-27(35)18-28(36)20-29)44(42,43)30-15-9-23(2)10-16-30/h4-16,18-20,31H,3,17,21-22H2,1-2H3,(H,37,41)/t31-/m0/s1. The predicted octanol–water partition coefficient (Wildman–Crippen LogP) is 7.04. The molecule has 0 saturated carbocycles. The topological polar surface area (TPSA) is 86.8 Å². The van der Waals surface area contributed by atoms with E-state index in [1.54, 1.807) is 19.1 Å². The van der Waals surface area contributed by atoms with Crippen LogP contribution in [0, 0.1) is 6.92 Å². The molecule has 7 nitrogen and oxygen atoms in total. The highest BCUT2D eigenvalue weighted by molar-refractivity contribution is 9.10. The number of carbonyl (C=O) groups excluding carboxylic acids is 2. The van der Waals surface area contributed by atoms with E-state index in [2.05, 4.69) is 21.2 Å². The average Bonchev–Trinajstić information content (AvgIpc) is 2.98. The van der Waals surface area contributed by atoms with Gasteiger partial charge >= 0.3 is 0 Å². The number of anilines is 1. The Balaban J connectivity index is 1.81. The molecule has 0 spiro atoms.